The molecule has 0 radical (unpaired) electrons. The van der Waals surface area contributed by atoms with E-state index in [0.717, 1.165) is 0 Å². The molecule has 1 heterocycles. The predicted molar refractivity (Wildman–Crippen MR) is 114 cm³/mol. The second kappa shape index (κ2) is 11.5. The van der Waals surface area contributed by atoms with Crippen LogP contribution in [-0.2, 0) is 14.3 Å². The lowest BCUT2D eigenvalue weighted by Gasteiger charge is -2.21. The molecule has 0 aliphatic carbocycles. The van der Waals surface area contributed by atoms with E-state index in [1.807, 2.05) is 6.26 Å². The largest absolute Gasteiger partial charge is 0.451 e. The van der Waals surface area contributed by atoms with Gasteiger partial charge in [0.2, 0.25) is 5.13 Å². The van der Waals surface area contributed by atoms with Gasteiger partial charge >= 0.3 is 5.97 Å². The van der Waals surface area contributed by atoms with Crippen LogP contribution in [0.25, 0.3) is 0 Å². The fraction of sp³-hybridized carbons (Fsp3) is 0.421. The van der Waals surface area contributed by atoms with E-state index in [-0.39, 0.29) is 12.3 Å². The topological polar surface area (TPSA) is 110 Å². The van der Waals surface area contributed by atoms with Crippen molar-refractivity contribution in [3.63, 3.8) is 0 Å². The van der Waals surface area contributed by atoms with Gasteiger partial charge in [0.1, 0.15) is 11.0 Å². The molecule has 10 heteroatoms. The minimum Gasteiger partial charge on any atom is -0.451 e. The molecule has 8 nitrogen and oxygen atoms in total. The van der Waals surface area contributed by atoms with Gasteiger partial charge in [-0.1, -0.05) is 36.5 Å². The number of hydrogen-bond acceptors (Lipinski definition) is 8. The Hall–Kier alpha value is -2.46. The molecule has 1 aromatic carbocycles. The molecule has 2 atom stereocenters. The van der Waals surface area contributed by atoms with Gasteiger partial charge in [0.15, 0.2) is 6.10 Å². The third-order valence-electron chi connectivity index (χ3n) is 3.91. The van der Waals surface area contributed by atoms with Crippen molar-refractivity contribution in [1.29, 1.82) is 0 Å². The molecular weight excluding hydrogens is 412 g/mol. The van der Waals surface area contributed by atoms with Gasteiger partial charge in [-0.15, -0.1) is 10.2 Å². The van der Waals surface area contributed by atoms with Gasteiger partial charge in [0.05, 0.1) is 0 Å². The van der Waals surface area contributed by atoms with Crippen LogP contribution >= 0.6 is 23.1 Å². The number of nitrogens with zero attached hydrogens (tertiary/aromatic N) is 2. The van der Waals surface area contributed by atoms with Crippen molar-refractivity contribution in [2.45, 2.75) is 38.8 Å². The van der Waals surface area contributed by atoms with Crippen molar-refractivity contribution in [2.75, 3.05) is 17.3 Å². The quantitative estimate of drug-likeness (QED) is 0.551. The lowest BCUT2D eigenvalue weighted by atomic mass is 10.1. The summed E-state index contributed by atoms with van der Waals surface area (Å²) in [6.45, 7) is 3.51. The van der Waals surface area contributed by atoms with E-state index in [1.54, 1.807) is 55.9 Å². The molecule has 2 rings (SSSR count). The number of hydrogen-bond donors (Lipinski definition) is 2. The van der Waals surface area contributed by atoms with Crippen LogP contribution in [0, 0.1) is 6.92 Å². The Morgan fingerprint density at radius 3 is 2.52 bits per heavy atom. The minimum absolute atomic E-state index is 0.289. The van der Waals surface area contributed by atoms with Crippen molar-refractivity contribution in [3.8, 4) is 0 Å². The smallest absolute Gasteiger partial charge is 0.329 e. The molecular formula is C19H24N4O4S2. The first-order valence-corrected chi connectivity index (χ1v) is 11.3. The predicted octanol–water partition coefficient (Wildman–Crippen LogP) is 2.66. The van der Waals surface area contributed by atoms with E-state index in [0.29, 0.717) is 27.9 Å². The van der Waals surface area contributed by atoms with Gasteiger partial charge in [-0.3, -0.25) is 14.9 Å². The summed E-state index contributed by atoms with van der Waals surface area (Å²) in [4.78, 5) is 37.6. The number of nitrogens with one attached hydrogen (secondary N) is 2. The highest BCUT2D eigenvalue weighted by atomic mass is 32.2. The van der Waals surface area contributed by atoms with E-state index < -0.39 is 24.0 Å². The number of anilines is 1. The fourth-order valence-corrected chi connectivity index (χ4v) is 3.46. The van der Waals surface area contributed by atoms with Gasteiger partial charge in [0.25, 0.3) is 11.8 Å². The number of benzene rings is 1. The second-order valence-corrected chi connectivity index (χ2v) is 8.29. The zero-order valence-corrected chi connectivity index (χ0v) is 18.1. The number of carbonyl (C=O) groups is 3. The Bertz CT molecular complexity index is 829. The monoisotopic (exact) mass is 436 g/mol. The Morgan fingerprint density at radius 1 is 1.21 bits per heavy atom. The molecule has 0 unspecified atom stereocenters. The molecule has 2 N–H and O–H groups in total. The van der Waals surface area contributed by atoms with Crippen LogP contribution in [0.2, 0.25) is 0 Å². The van der Waals surface area contributed by atoms with Crippen LogP contribution in [0.15, 0.2) is 30.3 Å². The molecule has 0 spiro atoms. The number of amides is 2. The molecule has 29 heavy (non-hydrogen) atoms. The summed E-state index contributed by atoms with van der Waals surface area (Å²) < 4.78 is 5.42. The molecule has 0 fully saturated rings. The van der Waals surface area contributed by atoms with Crippen molar-refractivity contribution in [1.82, 2.24) is 15.5 Å². The summed E-state index contributed by atoms with van der Waals surface area (Å²) in [6, 6.07) is 7.78. The number of esters is 1. The lowest BCUT2D eigenvalue weighted by molar-refractivity contribution is -0.156. The average Bonchev–Trinajstić information content (AvgIpc) is 3.13. The normalized spacial score (nSPS) is 12.7. The van der Waals surface area contributed by atoms with Crippen molar-refractivity contribution >= 4 is 46.0 Å². The van der Waals surface area contributed by atoms with E-state index in [9.17, 15) is 14.4 Å². The van der Waals surface area contributed by atoms with Crippen LogP contribution in [-0.4, -0.2) is 52.1 Å². The van der Waals surface area contributed by atoms with Gasteiger partial charge in [-0.2, -0.15) is 11.8 Å². The fourth-order valence-electron chi connectivity index (χ4n) is 2.39. The second-order valence-electron chi connectivity index (χ2n) is 6.12. The van der Waals surface area contributed by atoms with Gasteiger partial charge in [-0.05, 0) is 43.9 Å². The third-order valence-corrected chi connectivity index (χ3v) is 5.31. The van der Waals surface area contributed by atoms with E-state index in [1.165, 1.54) is 11.3 Å². The highest BCUT2D eigenvalue weighted by Gasteiger charge is 2.28. The highest BCUT2D eigenvalue weighted by Crippen LogP contribution is 2.15. The maximum absolute atomic E-state index is 12.7. The Balaban J connectivity index is 2.02. The zero-order chi connectivity index (χ0) is 21.2. The molecule has 2 amide bonds. The van der Waals surface area contributed by atoms with Crippen molar-refractivity contribution < 1.29 is 19.1 Å². The SMILES string of the molecule is CC[C@H](OC(=O)[C@H](CCSC)NC(=O)c1ccccc1)C(=O)Nc1nnc(C)s1. The molecule has 0 bridgehead atoms. The Kier molecular flexibility index (Phi) is 9.07. The van der Waals surface area contributed by atoms with Crippen LogP contribution in [0.1, 0.15) is 35.1 Å². The Morgan fingerprint density at radius 2 is 1.93 bits per heavy atom. The van der Waals surface area contributed by atoms with Gasteiger partial charge < -0.3 is 10.1 Å². The number of thioether (sulfide) groups is 1. The van der Waals surface area contributed by atoms with Crippen molar-refractivity contribution in [3.05, 3.63) is 40.9 Å². The first kappa shape index (κ1) is 22.8. The van der Waals surface area contributed by atoms with Crippen LogP contribution in [0.5, 0.6) is 0 Å². The first-order chi connectivity index (χ1) is 13.9. The molecule has 2 aromatic rings. The summed E-state index contributed by atoms with van der Waals surface area (Å²) >= 11 is 2.78. The summed E-state index contributed by atoms with van der Waals surface area (Å²) in [6.07, 6.45) is 1.61. The summed E-state index contributed by atoms with van der Waals surface area (Å²) in [7, 11) is 0. The molecule has 0 saturated carbocycles. The maximum Gasteiger partial charge on any atom is 0.329 e. The minimum atomic E-state index is -0.989. The van der Waals surface area contributed by atoms with E-state index in [4.69, 9.17) is 4.74 Å². The molecule has 0 saturated heterocycles. The first-order valence-electron chi connectivity index (χ1n) is 9.10. The number of rotatable bonds is 10. The third kappa shape index (κ3) is 7.13. The van der Waals surface area contributed by atoms with E-state index >= 15 is 0 Å². The maximum atomic E-state index is 12.7. The number of aromatic nitrogens is 2. The standard InChI is InChI=1S/C19H24N4O4S2/c1-4-15(17(25)21-19-23-22-12(2)29-19)27-18(26)14(10-11-28-3)20-16(24)13-8-6-5-7-9-13/h5-9,14-15H,4,10-11H2,1-3H3,(H,20,24)(H,21,23,25)/t14-,15-/m0/s1. The number of aryl methyl sites for hydroxylation is 1. The summed E-state index contributed by atoms with van der Waals surface area (Å²) in [5.41, 5.74) is 0.450. The average molecular weight is 437 g/mol. The summed E-state index contributed by atoms with van der Waals surface area (Å²) in [5.74, 6) is -0.828. The van der Waals surface area contributed by atoms with Gasteiger partial charge in [0, 0.05) is 5.56 Å². The molecule has 1 aromatic heterocycles. The zero-order valence-electron chi connectivity index (χ0n) is 16.5. The van der Waals surface area contributed by atoms with Crippen LogP contribution in [0.3, 0.4) is 0 Å². The molecule has 0 aliphatic heterocycles. The molecule has 0 aliphatic rings. The highest BCUT2D eigenvalue weighted by molar-refractivity contribution is 7.98. The number of ether oxygens (including phenoxy) is 1. The summed E-state index contributed by atoms with van der Waals surface area (Å²) in [5, 5.41) is 14.0. The molecule has 156 valence electrons. The number of carbonyl (C=O) groups excluding carboxylic acids is 3. The van der Waals surface area contributed by atoms with Gasteiger partial charge in [-0.25, -0.2) is 4.79 Å². The van der Waals surface area contributed by atoms with Crippen LogP contribution in [0.4, 0.5) is 5.13 Å². The van der Waals surface area contributed by atoms with Crippen molar-refractivity contribution in [2.24, 2.45) is 0 Å². The Labute approximate surface area is 177 Å². The van der Waals surface area contributed by atoms with Crippen LogP contribution < -0.4 is 10.6 Å². The lowest BCUT2D eigenvalue weighted by Crippen LogP contribution is -2.45. The van der Waals surface area contributed by atoms with E-state index in [2.05, 4.69) is 20.8 Å².